The van der Waals surface area contributed by atoms with E-state index in [-0.39, 0.29) is 5.78 Å². The molecule has 0 saturated heterocycles. The maximum atomic E-state index is 15.4. The van der Waals surface area contributed by atoms with Crippen LogP contribution in [-0.2, 0) is 6.54 Å². The van der Waals surface area contributed by atoms with E-state index >= 15 is 35.1 Å². The molecule has 0 spiro atoms. The molecule has 0 aliphatic carbocycles. The Labute approximate surface area is 378 Å². The van der Waals surface area contributed by atoms with Gasteiger partial charge in [0.15, 0.2) is 82.5 Å². The van der Waals surface area contributed by atoms with Gasteiger partial charge < -0.3 is 0 Å². The first-order valence-corrected chi connectivity index (χ1v) is 19.3. The van der Waals surface area contributed by atoms with Gasteiger partial charge in [0.05, 0.1) is 0 Å². The summed E-state index contributed by atoms with van der Waals surface area (Å²) in [5, 5.41) is 2.07. The number of nitrogens with zero attached hydrogens (tertiary/aromatic N) is 1. The predicted molar refractivity (Wildman–Crippen MR) is 209 cm³/mol. The van der Waals surface area contributed by atoms with Gasteiger partial charge >= 0.3 is 0 Å². The minimum absolute atomic E-state index is 0.0494. The molecule has 0 aliphatic heterocycles. The first kappa shape index (κ1) is 50.2. The maximum absolute atomic E-state index is 15.4. The molecule has 0 fully saturated rings. The Hall–Kier alpha value is -7.72. The van der Waals surface area contributed by atoms with E-state index in [0.29, 0.717) is 12.2 Å². The average molecular weight is 1000 g/mol. The Kier molecular flexibility index (Phi) is 13.6. The molecule has 70 heavy (non-hydrogen) atoms. The molecule has 360 valence electrons. The number of carbonyl (C=O) groups is 1. The molecule has 0 bridgehead atoms. The van der Waals surface area contributed by atoms with E-state index in [4.69, 9.17) is 0 Å². The van der Waals surface area contributed by atoms with Crippen molar-refractivity contribution in [2.45, 2.75) is 6.54 Å². The second-order valence-corrected chi connectivity index (χ2v) is 14.9. The monoisotopic (exact) mass is 1000 g/mol. The van der Waals surface area contributed by atoms with Crippen LogP contribution in [-0.4, -0.2) is 11.9 Å². The molecule has 0 saturated carbocycles. The molecule has 0 N–H and O–H groups in total. The summed E-state index contributed by atoms with van der Waals surface area (Å²) in [6.07, 6.45) is -5.25. The lowest BCUT2D eigenvalue weighted by Gasteiger charge is -2.44. The van der Waals surface area contributed by atoms with Gasteiger partial charge in [-0.1, -0.05) is 72.8 Å². The zero-order valence-electron chi connectivity index (χ0n) is 33.9. The molecular weight excluding hydrogens is 985 g/mol. The van der Waals surface area contributed by atoms with Crippen LogP contribution in [0.5, 0.6) is 0 Å². The standard InChI is InChI=1S/C24BF20.C23H18NO/c26-5-1(6(27)14(35)21(42)13(5)34)25(2-7(28)15(36)22(43)16(37)8(2)29,3-9(30)17(38)23(44)18(39)10(3)31)4-11(32)19(40)24(45)20(41)12(4)33;25-23(21-14-8-12-19-11-4-5-13-20(19)21)22-15-6-7-16-24(22)17-18-9-2-1-3-10-18/h;1-16H,17H2/q-1;+1. The van der Waals surface area contributed by atoms with Crippen molar-refractivity contribution < 1.29 is 97.2 Å². The van der Waals surface area contributed by atoms with Crippen molar-refractivity contribution >= 4 is 44.6 Å². The Morgan fingerprint density at radius 3 is 1.04 bits per heavy atom. The van der Waals surface area contributed by atoms with Gasteiger partial charge in [-0.2, -0.15) is 4.57 Å². The minimum Gasteiger partial charge on any atom is -0.282 e. The van der Waals surface area contributed by atoms with Crippen molar-refractivity contribution in [1.82, 2.24) is 0 Å². The molecule has 0 atom stereocenters. The van der Waals surface area contributed by atoms with Crippen LogP contribution >= 0.6 is 0 Å². The van der Waals surface area contributed by atoms with E-state index in [2.05, 4.69) is 12.1 Å². The number of ketones is 1. The van der Waals surface area contributed by atoms with E-state index in [0.717, 1.165) is 16.3 Å². The molecular formula is C47H18BF20NO. The summed E-state index contributed by atoms with van der Waals surface area (Å²) in [5.74, 6) is -71.4. The van der Waals surface area contributed by atoms with E-state index in [1.54, 1.807) is 0 Å². The van der Waals surface area contributed by atoms with E-state index in [1.165, 1.54) is 5.56 Å². The van der Waals surface area contributed by atoms with Crippen LogP contribution < -0.4 is 26.4 Å². The predicted octanol–water partition coefficient (Wildman–Crippen LogP) is 10.3. The zero-order valence-corrected chi connectivity index (χ0v) is 33.9. The van der Waals surface area contributed by atoms with Gasteiger partial charge in [-0.3, -0.25) is 4.79 Å². The Morgan fingerprint density at radius 1 is 0.343 bits per heavy atom. The Morgan fingerprint density at radius 2 is 0.657 bits per heavy atom. The van der Waals surface area contributed by atoms with Crippen molar-refractivity contribution in [3.8, 4) is 0 Å². The number of rotatable bonds is 8. The number of aromatic nitrogens is 1. The van der Waals surface area contributed by atoms with Crippen LogP contribution in [0.4, 0.5) is 87.8 Å². The molecule has 23 heteroatoms. The number of fused-ring (bicyclic) bond motifs is 1. The molecule has 1 aromatic heterocycles. The lowest BCUT2D eigenvalue weighted by molar-refractivity contribution is -0.690. The molecule has 0 unspecified atom stereocenters. The van der Waals surface area contributed by atoms with Crippen LogP contribution in [0.15, 0.2) is 97.2 Å². The van der Waals surface area contributed by atoms with Crippen molar-refractivity contribution in [1.29, 1.82) is 0 Å². The molecule has 7 aromatic carbocycles. The fourth-order valence-electron chi connectivity index (χ4n) is 8.04. The first-order valence-electron chi connectivity index (χ1n) is 19.3. The summed E-state index contributed by atoms with van der Waals surface area (Å²) in [7, 11) is 0. The number of benzene rings is 7. The van der Waals surface area contributed by atoms with Crippen LogP contribution in [0.3, 0.4) is 0 Å². The second-order valence-electron chi connectivity index (χ2n) is 14.9. The highest BCUT2D eigenvalue weighted by Gasteiger charge is 2.52. The number of pyridine rings is 1. The van der Waals surface area contributed by atoms with Gasteiger partial charge in [-0.05, 0) is 16.8 Å². The van der Waals surface area contributed by atoms with Gasteiger partial charge in [0, 0.05) is 23.3 Å². The average Bonchev–Trinajstić information content (AvgIpc) is 3.36. The fourth-order valence-corrected chi connectivity index (χ4v) is 8.04. The van der Waals surface area contributed by atoms with E-state index < -0.39 is 144 Å². The number of hydrogen-bond acceptors (Lipinski definition) is 1. The quantitative estimate of drug-likeness (QED) is 0.0371. The molecule has 0 radical (unpaired) electrons. The van der Waals surface area contributed by atoms with Gasteiger partial charge in [-0.25, -0.2) is 87.8 Å². The van der Waals surface area contributed by atoms with Gasteiger partial charge in [-0.15, -0.1) is 21.9 Å². The van der Waals surface area contributed by atoms with Crippen LogP contribution in [0, 0.1) is 116 Å². The van der Waals surface area contributed by atoms with Gasteiger partial charge in [0.2, 0.25) is 0 Å². The highest BCUT2D eigenvalue weighted by molar-refractivity contribution is 7.20. The van der Waals surface area contributed by atoms with Gasteiger partial charge in [0.25, 0.3) is 11.5 Å². The first-order chi connectivity index (χ1) is 33.0. The minimum atomic E-state index is -7.22. The lowest BCUT2D eigenvalue weighted by Crippen LogP contribution is -2.81. The molecule has 1 heterocycles. The third-order valence-electron chi connectivity index (χ3n) is 11.1. The molecule has 0 amide bonds. The fraction of sp³-hybridized carbons (Fsp3) is 0.0213. The topological polar surface area (TPSA) is 20.9 Å². The number of halogens is 20. The van der Waals surface area contributed by atoms with Crippen molar-refractivity contribution in [3.63, 3.8) is 0 Å². The maximum Gasteiger partial charge on any atom is 0.257 e. The van der Waals surface area contributed by atoms with E-state index in [1.807, 2.05) is 89.6 Å². The van der Waals surface area contributed by atoms with Crippen molar-refractivity contribution in [3.05, 3.63) is 230 Å². The van der Waals surface area contributed by atoms with Crippen LogP contribution in [0.1, 0.15) is 21.6 Å². The molecule has 8 rings (SSSR count). The number of hydrogen-bond donors (Lipinski definition) is 0. The summed E-state index contributed by atoms with van der Waals surface area (Å²) in [5.41, 5.74) is -11.7. The lowest BCUT2D eigenvalue weighted by atomic mass is 9.12. The smallest absolute Gasteiger partial charge is 0.257 e. The van der Waals surface area contributed by atoms with Gasteiger partial charge in [0.1, 0.15) is 52.7 Å². The highest BCUT2D eigenvalue weighted by atomic mass is 19.2. The molecule has 0 aliphatic rings. The highest BCUT2D eigenvalue weighted by Crippen LogP contribution is 2.31. The molecule has 8 aromatic rings. The summed E-state index contributed by atoms with van der Waals surface area (Å²) in [4.78, 5) is 13.3. The normalized spacial score (nSPS) is 11.5. The number of carbonyl (C=O) groups excluding carboxylic acids is 1. The summed E-state index contributed by atoms with van der Waals surface area (Å²) < 4.78 is 296. The summed E-state index contributed by atoms with van der Waals surface area (Å²) in [6.45, 7) is 0.674. The second kappa shape index (κ2) is 19.0. The Bertz CT molecular complexity index is 3060. The summed E-state index contributed by atoms with van der Waals surface area (Å²) >= 11 is 0. The largest absolute Gasteiger partial charge is 0.282 e. The Balaban J connectivity index is 0.000000242. The van der Waals surface area contributed by atoms with Crippen molar-refractivity contribution in [2.24, 2.45) is 0 Å². The van der Waals surface area contributed by atoms with E-state index in [9.17, 15) is 57.5 Å². The molecule has 2 nitrogen and oxygen atoms in total. The van der Waals surface area contributed by atoms with Crippen LogP contribution in [0.2, 0.25) is 0 Å². The third-order valence-corrected chi connectivity index (χ3v) is 11.1. The summed E-state index contributed by atoms with van der Waals surface area (Å²) in [6, 6.07) is 29.9. The van der Waals surface area contributed by atoms with Crippen LogP contribution in [0.25, 0.3) is 10.8 Å². The SMILES string of the molecule is Fc1c(F)c(F)c([B-](c2c(F)c(F)c(F)c(F)c2F)(c2c(F)c(F)c(F)c(F)c2F)c2c(F)c(F)c(F)c(F)c2F)c(F)c1F.O=C(c1cccc2ccccc12)c1cccc[n+]1Cc1ccccc1. The van der Waals surface area contributed by atoms with Crippen molar-refractivity contribution in [2.75, 3.05) is 0 Å². The zero-order chi connectivity index (χ0) is 51.4. The third kappa shape index (κ3) is 7.85.